The second-order valence-electron chi connectivity index (χ2n) is 9.17. The topological polar surface area (TPSA) is 84.1 Å². The Morgan fingerprint density at radius 2 is 1.71 bits per heavy atom. The lowest BCUT2D eigenvalue weighted by molar-refractivity contribution is -0.122. The van der Waals surface area contributed by atoms with Crippen LogP contribution >= 0.6 is 23.4 Å². The third kappa shape index (κ3) is 6.60. The average molecular weight is 596 g/mol. The Hall–Kier alpha value is -4.71. The summed E-state index contributed by atoms with van der Waals surface area (Å²) in [6.07, 6.45) is 1.77. The number of nitrogens with zero attached hydrogens (tertiary/aromatic N) is 3. The summed E-state index contributed by atoms with van der Waals surface area (Å²) >= 11 is 7.93. The van der Waals surface area contributed by atoms with Crippen LogP contribution in [0.2, 0.25) is 5.02 Å². The van der Waals surface area contributed by atoms with E-state index >= 15 is 0 Å². The molecule has 0 bridgehead atoms. The van der Waals surface area contributed by atoms with E-state index in [0.29, 0.717) is 44.3 Å². The first-order valence-electron chi connectivity index (χ1n) is 13.0. The molecule has 7 nitrogen and oxygen atoms in total. The van der Waals surface area contributed by atoms with E-state index in [1.165, 1.54) is 18.9 Å². The predicted molar refractivity (Wildman–Crippen MR) is 166 cm³/mol. The standard InChI is InChI=1S/C33H26ClN3O4S/c1-39-27-14-12-22(13-15-27)20-37-32(38)30(42-33(37)36-26-10-4-3-5-11-26)18-23-16-28(34)31(29(17-23)40-2)41-21-25-9-7-6-8-24(25)19-35/h3-18H,20-21H2,1-2H3/b30-18+,36-33?. The highest BCUT2D eigenvalue weighted by molar-refractivity contribution is 8.18. The maximum atomic E-state index is 13.7. The van der Waals surface area contributed by atoms with Gasteiger partial charge in [0, 0.05) is 5.56 Å². The highest BCUT2D eigenvalue weighted by atomic mass is 35.5. The van der Waals surface area contributed by atoms with Crippen LogP contribution in [-0.4, -0.2) is 30.2 Å². The molecule has 1 aliphatic heterocycles. The minimum atomic E-state index is -0.172. The Kier molecular flexibility index (Phi) is 9.12. The number of carbonyl (C=O) groups excluding carboxylic acids is 1. The van der Waals surface area contributed by atoms with Gasteiger partial charge in [0.2, 0.25) is 0 Å². The summed E-state index contributed by atoms with van der Waals surface area (Å²) < 4.78 is 16.8. The quantitative estimate of drug-likeness (QED) is 0.185. The first-order valence-corrected chi connectivity index (χ1v) is 14.1. The Morgan fingerprint density at radius 1 is 0.976 bits per heavy atom. The van der Waals surface area contributed by atoms with Gasteiger partial charge in [0.25, 0.3) is 5.91 Å². The molecular weight excluding hydrogens is 570 g/mol. The van der Waals surface area contributed by atoms with Gasteiger partial charge in [-0.15, -0.1) is 0 Å². The molecule has 0 unspecified atom stereocenters. The number of hydrogen-bond donors (Lipinski definition) is 0. The number of benzene rings is 4. The number of carbonyl (C=O) groups is 1. The van der Waals surface area contributed by atoms with Crippen LogP contribution < -0.4 is 14.2 Å². The van der Waals surface area contributed by atoms with E-state index in [9.17, 15) is 10.1 Å². The zero-order valence-corrected chi connectivity index (χ0v) is 24.5. The normalized spacial score (nSPS) is 14.7. The summed E-state index contributed by atoms with van der Waals surface area (Å²) in [4.78, 5) is 20.6. The van der Waals surface area contributed by atoms with Crippen molar-refractivity contribution in [3.63, 3.8) is 0 Å². The van der Waals surface area contributed by atoms with Gasteiger partial charge in [0.1, 0.15) is 12.4 Å². The summed E-state index contributed by atoms with van der Waals surface area (Å²) in [5.41, 5.74) is 3.62. The van der Waals surface area contributed by atoms with Crippen molar-refractivity contribution < 1.29 is 19.0 Å². The SMILES string of the molecule is COc1ccc(CN2C(=O)/C(=C\c3cc(Cl)c(OCc4ccccc4C#N)c(OC)c3)SC2=Nc2ccccc2)cc1. The van der Waals surface area contributed by atoms with Gasteiger partial charge in [-0.2, -0.15) is 5.26 Å². The maximum absolute atomic E-state index is 13.7. The van der Waals surface area contributed by atoms with Gasteiger partial charge in [-0.25, -0.2) is 4.99 Å². The monoisotopic (exact) mass is 595 g/mol. The molecule has 210 valence electrons. The fourth-order valence-corrected chi connectivity index (χ4v) is 5.55. The van der Waals surface area contributed by atoms with Gasteiger partial charge >= 0.3 is 0 Å². The predicted octanol–water partition coefficient (Wildman–Crippen LogP) is 7.61. The van der Waals surface area contributed by atoms with Crippen molar-refractivity contribution >= 4 is 46.2 Å². The summed E-state index contributed by atoms with van der Waals surface area (Å²) in [5.74, 6) is 1.33. The third-order valence-corrected chi connectivity index (χ3v) is 7.72. The van der Waals surface area contributed by atoms with Gasteiger partial charge in [0.15, 0.2) is 16.7 Å². The molecule has 0 radical (unpaired) electrons. The van der Waals surface area contributed by atoms with E-state index in [0.717, 1.165) is 22.6 Å². The molecule has 1 saturated heterocycles. The number of para-hydroxylation sites is 1. The molecule has 1 aliphatic rings. The molecule has 5 rings (SSSR count). The van der Waals surface area contributed by atoms with Crippen LogP contribution in [0.3, 0.4) is 0 Å². The summed E-state index contributed by atoms with van der Waals surface area (Å²) in [7, 11) is 3.14. The number of amidine groups is 1. The highest BCUT2D eigenvalue weighted by Crippen LogP contribution is 2.40. The number of amides is 1. The van der Waals surface area contributed by atoms with Crippen LogP contribution in [0.1, 0.15) is 22.3 Å². The average Bonchev–Trinajstić information content (AvgIpc) is 3.29. The highest BCUT2D eigenvalue weighted by Gasteiger charge is 2.33. The first-order chi connectivity index (χ1) is 20.5. The molecule has 4 aromatic rings. The molecule has 1 amide bonds. The largest absolute Gasteiger partial charge is 0.497 e. The van der Waals surface area contributed by atoms with Crippen LogP contribution in [0.15, 0.2) is 101 Å². The number of ether oxygens (including phenoxy) is 3. The summed E-state index contributed by atoms with van der Waals surface area (Å²) in [6, 6.07) is 30.0. The molecule has 42 heavy (non-hydrogen) atoms. The van der Waals surface area contributed by atoms with Gasteiger partial charge < -0.3 is 14.2 Å². The van der Waals surface area contributed by atoms with Gasteiger partial charge in [-0.05, 0) is 71.4 Å². The van der Waals surface area contributed by atoms with Crippen LogP contribution in [0.4, 0.5) is 5.69 Å². The lowest BCUT2D eigenvalue weighted by atomic mass is 10.1. The van der Waals surface area contributed by atoms with Gasteiger partial charge in [-0.1, -0.05) is 60.1 Å². The first kappa shape index (κ1) is 28.8. The molecule has 0 aromatic heterocycles. The zero-order valence-electron chi connectivity index (χ0n) is 22.9. The van der Waals surface area contributed by atoms with E-state index in [4.69, 9.17) is 30.8 Å². The smallest absolute Gasteiger partial charge is 0.267 e. The lowest BCUT2D eigenvalue weighted by Gasteiger charge is -2.16. The van der Waals surface area contributed by atoms with Crippen molar-refractivity contribution in [1.82, 2.24) is 4.90 Å². The molecule has 9 heteroatoms. The van der Waals surface area contributed by atoms with Crippen molar-refractivity contribution in [2.45, 2.75) is 13.2 Å². The molecule has 0 N–H and O–H groups in total. The molecule has 0 spiro atoms. The van der Waals surface area contributed by atoms with Crippen molar-refractivity contribution in [2.24, 2.45) is 4.99 Å². The molecule has 4 aromatic carbocycles. The van der Waals surface area contributed by atoms with Crippen LogP contribution in [0.25, 0.3) is 6.08 Å². The Bertz CT molecular complexity index is 1700. The van der Waals surface area contributed by atoms with Crippen molar-refractivity contribution in [3.8, 4) is 23.3 Å². The fraction of sp³-hybridized carbons (Fsp3) is 0.121. The zero-order chi connectivity index (χ0) is 29.5. The molecule has 0 atom stereocenters. The third-order valence-electron chi connectivity index (χ3n) is 6.43. The number of thioether (sulfide) groups is 1. The van der Waals surface area contributed by atoms with Gasteiger partial charge in [0.05, 0.1) is 48.0 Å². The maximum Gasteiger partial charge on any atom is 0.267 e. The van der Waals surface area contributed by atoms with Crippen LogP contribution in [-0.2, 0) is 17.9 Å². The molecular formula is C33H26ClN3O4S. The second kappa shape index (κ2) is 13.3. The summed E-state index contributed by atoms with van der Waals surface area (Å²) in [5, 5.41) is 10.3. The number of hydrogen-bond acceptors (Lipinski definition) is 7. The molecule has 0 aliphatic carbocycles. The van der Waals surface area contributed by atoms with Crippen LogP contribution in [0, 0.1) is 11.3 Å². The minimum absolute atomic E-state index is 0.147. The van der Waals surface area contributed by atoms with Crippen molar-refractivity contribution in [3.05, 3.63) is 123 Å². The number of aliphatic imine (C=N–C) groups is 1. The Balaban J connectivity index is 1.43. The van der Waals surface area contributed by atoms with E-state index in [2.05, 4.69) is 6.07 Å². The van der Waals surface area contributed by atoms with E-state index < -0.39 is 0 Å². The fourth-order valence-electron chi connectivity index (χ4n) is 4.28. The van der Waals surface area contributed by atoms with E-state index in [1.54, 1.807) is 42.4 Å². The Labute approximate surface area is 253 Å². The molecule has 1 fully saturated rings. The number of halogens is 1. The summed E-state index contributed by atoms with van der Waals surface area (Å²) in [6.45, 7) is 0.494. The van der Waals surface area contributed by atoms with E-state index in [1.807, 2.05) is 66.7 Å². The second-order valence-corrected chi connectivity index (χ2v) is 10.6. The number of methoxy groups -OCH3 is 2. The molecule has 1 heterocycles. The van der Waals surface area contributed by atoms with Crippen LogP contribution in [0.5, 0.6) is 17.2 Å². The lowest BCUT2D eigenvalue weighted by Crippen LogP contribution is -2.28. The Morgan fingerprint density at radius 3 is 2.43 bits per heavy atom. The molecule has 0 saturated carbocycles. The minimum Gasteiger partial charge on any atom is -0.497 e. The van der Waals surface area contributed by atoms with Crippen molar-refractivity contribution in [2.75, 3.05) is 14.2 Å². The van der Waals surface area contributed by atoms with Gasteiger partial charge in [-0.3, -0.25) is 9.69 Å². The number of nitriles is 1. The van der Waals surface area contributed by atoms with Crippen molar-refractivity contribution in [1.29, 1.82) is 5.26 Å². The number of rotatable bonds is 9. The van der Waals surface area contributed by atoms with E-state index in [-0.39, 0.29) is 12.5 Å².